The number of aromatic nitrogens is 1. The van der Waals surface area contributed by atoms with Gasteiger partial charge in [0.1, 0.15) is 11.4 Å². The van der Waals surface area contributed by atoms with Crippen LogP contribution in [0, 0.1) is 0 Å². The Morgan fingerprint density at radius 1 is 0.837 bits per heavy atom. The monoisotopic (exact) mass is 577 g/mol. The molecule has 9 heteroatoms. The van der Waals surface area contributed by atoms with Crippen molar-refractivity contribution < 1.29 is 28.5 Å². The molecule has 0 atom stereocenters. The van der Waals surface area contributed by atoms with Crippen LogP contribution in [0.4, 0.5) is 0 Å². The molecule has 0 bridgehead atoms. The highest BCUT2D eigenvalue weighted by Gasteiger charge is 2.21. The first kappa shape index (κ1) is 28.9. The molecule has 218 valence electrons. The van der Waals surface area contributed by atoms with Crippen molar-refractivity contribution in [1.29, 1.82) is 0 Å². The van der Waals surface area contributed by atoms with E-state index < -0.39 is 11.9 Å². The number of carbonyl (C=O) groups is 2. The van der Waals surface area contributed by atoms with Gasteiger partial charge in [0.25, 0.3) is 5.91 Å². The highest BCUT2D eigenvalue weighted by molar-refractivity contribution is 6.10. The molecule has 4 aromatic carbocycles. The Kier molecular flexibility index (Phi) is 8.71. The summed E-state index contributed by atoms with van der Waals surface area (Å²) < 4.78 is 21.7. The zero-order valence-electron chi connectivity index (χ0n) is 24.3. The van der Waals surface area contributed by atoms with Crippen LogP contribution in [0.25, 0.3) is 22.0 Å². The largest absolute Gasteiger partial charge is 0.493 e. The Balaban J connectivity index is 1.40. The van der Waals surface area contributed by atoms with Crippen LogP contribution in [0.2, 0.25) is 0 Å². The van der Waals surface area contributed by atoms with E-state index in [1.807, 2.05) is 48.5 Å². The van der Waals surface area contributed by atoms with E-state index in [1.54, 1.807) is 24.3 Å². The molecule has 9 nitrogen and oxygen atoms in total. The summed E-state index contributed by atoms with van der Waals surface area (Å²) in [5.41, 5.74) is 7.46. The molecule has 1 aromatic heterocycles. The van der Waals surface area contributed by atoms with E-state index in [-0.39, 0.29) is 11.3 Å². The number of hydrogen-bond acceptors (Lipinski definition) is 7. The Bertz CT molecular complexity index is 1790. The summed E-state index contributed by atoms with van der Waals surface area (Å²) in [6.45, 7) is 2.08. The summed E-state index contributed by atoms with van der Waals surface area (Å²) in [4.78, 5) is 29.9. The zero-order valence-corrected chi connectivity index (χ0v) is 24.3. The number of aryl methyl sites for hydroxylation is 1. The molecule has 1 heterocycles. The number of aromatic amines is 1. The lowest BCUT2D eigenvalue weighted by molar-refractivity contribution is 0.0733. The maximum atomic E-state index is 13.4. The molecule has 0 saturated carbocycles. The van der Waals surface area contributed by atoms with Crippen molar-refractivity contribution in [2.24, 2.45) is 5.10 Å². The summed E-state index contributed by atoms with van der Waals surface area (Å²) in [6, 6.07) is 25.7. The van der Waals surface area contributed by atoms with Gasteiger partial charge >= 0.3 is 5.97 Å². The van der Waals surface area contributed by atoms with Gasteiger partial charge in [-0.25, -0.2) is 10.2 Å². The van der Waals surface area contributed by atoms with Crippen LogP contribution in [-0.4, -0.2) is 44.4 Å². The number of H-pyrrole nitrogens is 1. The van der Waals surface area contributed by atoms with Gasteiger partial charge in [-0.15, -0.1) is 0 Å². The molecule has 5 rings (SSSR count). The molecule has 0 aliphatic heterocycles. The lowest BCUT2D eigenvalue weighted by atomic mass is 10.00. The number of carbonyl (C=O) groups excluding carboxylic acids is 2. The molecule has 0 saturated heterocycles. The second-order valence-corrected chi connectivity index (χ2v) is 9.47. The fourth-order valence-electron chi connectivity index (χ4n) is 4.90. The van der Waals surface area contributed by atoms with Crippen LogP contribution in [0.5, 0.6) is 23.0 Å². The Morgan fingerprint density at radius 2 is 1.53 bits per heavy atom. The average Bonchev–Trinajstić information content (AvgIpc) is 3.45. The minimum absolute atomic E-state index is 0.202. The number of hydrazone groups is 1. The molecule has 2 N–H and O–H groups in total. The lowest BCUT2D eigenvalue weighted by Gasteiger charge is -2.14. The van der Waals surface area contributed by atoms with Crippen molar-refractivity contribution in [1.82, 2.24) is 10.4 Å². The molecule has 0 spiro atoms. The maximum absolute atomic E-state index is 13.4. The fraction of sp³-hybridized carbons (Fsp3) is 0.147. The summed E-state index contributed by atoms with van der Waals surface area (Å²) in [5.74, 6) is 0.221. The van der Waals surface area contributed by atoms with Gasteiger partial charge in [-0.3, -0.25) is 4.79 Å². The molecule has 0 unspecified atom stereocenters. The molecule has 0 radical (unpaired) electrons. The first-order chi connectivity index (χ1) is 21.0. The third kappa shape index (κ3) is 5.92. The molecule has 0 aliphatic carbocycles. The SMILES string of the molecule is CCc1cccc2c(-c3ccccc3)c(C(=O)NN=Cc3ccccc3OC(=O)c3cc(OC)c(OC)c(OC)c3)[nH]c12. The highest BCUT2D eigenvalue weighted by atomic mass is 16.5. The Labute approximate surface area is 249 Å². The molecule has 0 aliphatic rings. The number of hydrogen-bond donors (Lipinski definition) is 2. The quantitative estimate of drug-likeness (QED) is 0.0859. The predicted molar refractivity (Wildman–Crippen MR) is 166 cm³/mol. The van der Waals surface area contributed by atoms with Gasteiger partial charge in [-0.1, -0.05) is 67.6 Å². The van der Waals surface area contributed by atoms with Gasteiger partial charge in [0, 0.05) is 22.0 Å². The van der Waals surface area contributed by atoms with E-state index in [0.29, 0.717) is 28.5 Å². The summed E-state index contributed by atoms with van der Waals surface area (Å²) in [7, 11) is 4.41. The lowest BCUT2D eigenvalue weighted by Crippen LogP contribution is -2.19. The number of rotatable bonds is 10. The first-order valence-corrected chi connectivity index (χ1v) is 13.6. The number of nitrogens with one attached hydrogen (secondary N) is 2. The van der Waals surface area contributed by atoms with Crippen molar-refractivity contribution in [2.45, 2.75) is 13.3 Å². The number of para-hydroxylation sites is 2. The third-order valence-electron chi connectivity index (χ3n) is 6.98. The van der Waals surface area contributed by atoms with Gasteiger partial charge in [0.2, 0.25) is 5.75 Å². The van der Waals surface area contributed by atoms with E-state index in [1.165, 1.54) is 39.7 Å². The van der Waals surface area contributed by atoms with Gasteiger partial charge in [0.15, 0.2) is 11.5 Å². The Morgan fingerprint density at radius 3 is 2.21 bits per heavy atom. The predicted octanol–water partition coefficient (Wildman–Crippen LogP) is 6.41. The van der Waals surface area contributed by atoms with Crippen molar-refractivity contribution in [2.75, 3.05) is 21.3 Å². The van der Waals surface area contributed by atoms with Crippen LogP contribution in [0.3, 0.4) is 0 Å². The van der Waals surface area contributed by atoms with Crippen molar-refractivity contribution in [3.8, 4) is 34.1 Å². The van der Waals surface area contributed by atoms with E-state index in [4.69, 9.17) is 18.9 Å². The molecular formula is C34H31N3O6. The maximum Gasteiger partial charge on any atom is 0.343 e. The molecule has 43 heavy (non-hydrogen) atoms. The highest BCUT2D eigenvalue weighted by Crippen LogP contribution is 2.38. The van der Waals surface area contributed by atoms with Gasteiger partial charge in [0.05, 0.1) is 33.1 Å². The minimum Gasteiger partial charge on any atom is -0.493 e. The zero-order chi connectivity index (χ0) is 30.3. The smallest absolute Gasteiger partial charge is 0.343 e. The van der Waals surface area contributed by atoms with Crippen LogP contribution in [-0.2, 0) is 6.42 Å². The van der Waals surface area contributed by atoms with Crippen molar-refractivity contribution in [3.05, 3.63) is 107 Å². The average molecular weight is 578 g/mol. The number of benzene rings is 4. The minimum atomic E-state index is -0.638. The van der Waals surface area contributed by atoms with Crippen molar-refractivity contribution in [3.63, 3.8) is 0 Å². The van der Waals surface area contributed by atoms with Crippen LogP contribution < -0.4 is 24.4 Å². The van der Waals surface area contributed by atoms with Crippen molar-refractivity contribution >= 4 is 29.0 Å². The van der Waals surface area contributed by atoms with E-state index in [9.17, 15) is 9.59 Å². The van der Waals surface area contributed by atoms with E-state index >= 15 is 0 Å². The van der Waals surface area contributed by atoms with E-state index in [0.717, 1.165) is 34.0 Å². The van der Waals surface area contributed by atoms with Gasteiger partial charge < -0.3 is 23.9 Å². The van der Waals surface area contributed by atoms with Crippen LogP contribution in [0.15, 0.2) is 90.0 Å². The summed E-state index contributed by atoms with van der Waals surface area (Å²) in [5, 5.41) is 5.15. The number of esters is 1. The van der Waals surface area contributed by atoms with Crippen LogP contribution in [0.1, 0.15) is 38.9 Å². The van der Waals surface area contributed by atoms with Crippen LogP contribution >= 0.6 is 0 Å². The molecule has 5 aromatic rings. The van der Waals surface area contributed by atoms with Gasteiger partial charge in [-0.05, 0) is 41.8 Å². The number of ether oxygens (including phenoxy) is 4. The number of nitrogens with zero attached hydrogens (tertiary/aromatic N) is 1. The second-order valence-electron chi connectivity index (χ2n) is 9.47. The second kappa shape index (κ2) is 12.9. The Hall–Kier alpha value is -5.57. The summed E-state index contributed by atoms with van der Waals surface area (Å²) in [6.07, 6.45) is 2.24. The molecule has 1 amide bonds. The molecular weight excluding hydrogens is 546 g/mol. The van der Waals surface area contributed by atoms with E-state index in [2.05, 4.69) is 22.4 Å². The third-order valence-corrected chi connectivity index (χ3v) is 6.98. The fourth-order valence-corrected chi connectivity index (χ4v) is 4.90. The molecule has 0 fully saturated rings. The number of methoxy groups -OCH3 is 3. The normalized spacial score (nSPS) is 11.0. The number of fused-ring (bicyclic) bond motifs is 1. The standard InChI is InChI=1S/C34H31N3O6/c1-5-21-15-11-16-25-29(22-12-7-6-8-13-22)31(36-30(21)25)33(38)37-35-20-23-14-9-10-17-26(23)43-34(39)24-18-27(40-2)32(42-4)28(19-24)41-3/h6-20,36H,5H2,1-4H3,(H,37,38). The first-order valence-electron chi connectivity index (χ1n) is 13.6. The topological polar surface area (TPSA) is 111 Å². The van der Waals surface area contributed by atoms with Gasteiger partial charge in [-0.2, -0.15) is 5.10 Å². The number of amides is 1. The summed E-state index contributed by atoms with van der Waals surface area (Å²) >= 11 is 0.